The fourth-order valence-corrected chi connectivity index (χ4v) is 2.01. The summed E-state index contributed by atoms with van der Waals surface area (Å²) in [4.78, 5) is 8.79. The number of nitrogens with one attached hydrogen (secondary N) is 1. The van der Waals surface area contributed by atoms with Gasteiger partial charge in [0.1, 0.15) is 5.69 Å². The topological polar surface area (TPSA) is 63.8 Å². The average molecular weight is 274 g/mol. The smallest absolute Gasteiger partial charge is 0.227 e. The third kappa shape index (κ3) is 3.87. The minimum Gasteiger partial charge on any atom is -0.339 e. The summed E-state index contributed by atoms with van der Waals surface area (Å²) in [5.74, 6) is 1.27. The normalized spacial score (nSPS) is 11.2. The zero-order valence-electron chi connectivity index (χ0n) is 12.4. The van der Waals surface area contributed by atoms with Crippen LogP contribution in [-0.4, -0.2) is 27.7 Å². The fraction of sp³-hybridized carbons (Fsp3) is 0.533. The molecule has 5 heteroatoms. The molecule has 0 aliphatic heterocycles. The Kier molecular flexibility index (Phi) is 5.24. The number of nitrogens with zero attached hydrogens (tertiary/aromatic N) is 3. The van der Waals surface area contributed by atoms with Crippen LogP contribution in [0.2, 0.25) is 0 Å². The van der Waals surface area contributed by atoms with Gasteiger partial charge in [-0.2, -0.15) is 4.98 Å². The average Bonchev–Trinajstić information content (AvgIpc) is 2.92. The van der Waals surface area contributed by atoms with Crippen molar-refractivity contribution in [3.05, 3.63) is 29.8 Å². The van der Waals surface area contributed by atoms with Gasteiger partial charge in [0.15, 0.2) is 0 Å². The minimum atomic E-state index is 0.508. The summed E-state index contributed by atoms with van der Waals surface area (Å²) in [6.07, 6.45) is 4.45. The zero-order chi connectivity index (χ0) is 14.4. The van der Waals surface area contributed by atoms with Gasteiger partial charge in [0, 0.05) is 18.7 Å². The predicted octanol–water partition coefficient (Wildman–Crippen LogP) is 2.62. The first-order valence-electron chi connectivity index (χ1n) is 7.21. The predicted molar refractivity (Wildman–Crippen MR) is 78.4 cm³/mol. The van der Waals surface area contributed by atoms with Crippen molar-refractivity contribution >= 4 is 0 Å². The largest absolute Gasteiger partial charge is 0.339 e. The van der Waals surface area contributed by atoms with E-state index in [1.165, 1.54) is 0 Å². The van der Waals surface area contributed by atoms with Gasteiger partial charge in [0.2, 0.25) is 11.7 Å². The molecule has 108 valence electrons. The van der Waals surface area contributed by atoms with Crippen molar-refractivity contribution in [2.75, 3.05) is 6.54 Å². The van der Waals surface area contributed by atoms with E-state index in [4.69, 9.17) is 4.52 Å². The molecule has 0 atom stereocenters. The molecule has 0 bridgehead atoms. The SMILES string of the molecule is CCc1cccnc1-c1noc(CCCNC(C)C)n1. The zero-order valence-corrected chi connectivity index (χ0v) is 12.4. The molecule has 2 rings (SSSR count). The van der Waals surface area contributed by atoms with E-state index in [1.807, 2.05) is 12.1 Å². The summed E-state index contributed by atoms with van der Waals surface area (Å²) in [7, 11) is 0. The van der Waals surface area contributed by atoms with E-state index >= 15 is 0 Å². The van der Waals surface area contributed by atoms with Gasteiger partial charge < -0.3 is 9.84 Å². The Balaban J connectivity index is 1.98. The molecule has 20 heavy (non-hydrogen) atoms. The number of hydrogen-bond acceptors (Lipinski definition) is 5. The van der Waals surface area contributed by atoms with Crippen molar-refractivity contribution < 1.29 is 4.52 Å². The molecule has 1 N–H and O–H groups in total. The van der Waals surface area contributed by atoms with Crippen LogP contribution < -0.4 is 5.32 Å². The fourth-order valence-electron chi connectivity index (χ4n) is 2.01. The van der Waals surface area contributed by atoms with Gasteiger partial charge in [-0.1, -0.05) is 32.0 Å². The summed E-state index contributed by atoms with van der Waals surface area (Å²) in [6.45, 7) is 7.33. The van der Waals surface area contributed by atoms with Crippen LogP contribution in [0.5, 0.6) is 0 Å². The molecule has 0 saturated heterocycles. The maximum atomic E-state index is 5.30. The van der Waals surface area contributed by atoms with Crippen LogP contribution >= 0.6 is 0 Å². The van der Waals surface area contributed by atoms with Crippen molar-refractivity contribution in [2.24, 2.45) is 0 Å². The van der Waals surface area contributed by atoms with Crippen LogP contribution in [0.15, 0.2) is 22.9 Å². The van der Waals surface area contributed by atoms with Crippen LogP contribution in [0, 0.1) is 0 Å². The molecule has 0 aliphatic carbocycles. The Morgan fingerprint density at radius 2 is 2.20 bits per heavy atom. The van der Waals surface area contributed by atoms with E-state index in [0.29, 0.717) is 17.8 Å². The molecule has 2 aromatic heterocycles. The Morgan fingerprint density at radius 3 is 2.95 bits per heavy atom. The van der Waals surface area contributed by atoms with Gasteiger partial charge >= 0.3 is 0 Å². The Bertz CT molecular complexity index is 536. The lowest BCUT2D eigenvalue weighted by molar-refractivity contribution is 0.374. The summed E-state index contributed by atoms with van der Waals surface area (Å²) < 4.78 is 5.30. The lowest BCUT2D eigenvalue weighted by atomic mass is 10.1. The first-order valence-corrected chi connectivity index (χ1v) is 7.21. The van der Waals surface area contributed by atoms with Crippen molar-refractivity contribution in [3.63, 3.8) is 0 Å². The molecular weight excluding hydrogens is 252 g/mol. The highest BCUT2D eigenvalue weighted by atomic mass is 16.5. The van der Waals surface area contributed by atoms with Gasteiger partial charge in [0.25, 0.3) is 0 Å². The third-order valence-electron chi connectivity index (χ3n) is 3.07. The van der Waals surface area contributed by atoms with Crippen molar-refractivity contribution in [1.29, 1.82) is 0 Å². The lowest BCUT2D eigenvalue weighted by Crippen LogP contribution is -2.23. The van der Waals surface area contributed by atoms with Crippen LogP contribution in [0.3, 0.4) is 0 Å². The molecule has 5 nitrogen and oxygen atoms in total. The number of aromatic nitrogens is 3. The number of hydrogen-bond donors (Lipinski definition) is 1. The molecule has 2 aromatic rings. The highest BCUT2D eigenvalue weighted by Crippen LogP contribution is 2.18. The summed E-state index contributed by atoms with van der Waals surface area (Å²) in [6, 6.07) is 4.49. The van der Waals surface area contributed by atoms with Crippen LogP contribution in [0.4, 0.5) is 0 Å². The molecule has 0 amide bonds. The monoisotopic (exact) mass is 274 g/mol. The van der Waals surface area contributed by atoms with Gasteiger partial charge in [0.05, 0.1) is 0 Å². The Morgan fingerprint density at radius 1 is 1.35 bits per heavy atom. The lowest BCUT2D eigenvalue weighted by Gasteiger charge is -2.05. The molecule has 0 fully saturated rings. The van der Waals surface area contributed by atoms with E-state index in [-0.39, 0.29) is 0 Å². The standard InChI is InChI=1S/C15H22N4O/c1-4-12-7-5-10-17-14(12)15-18-13(20-19-15)8-6-9-16-11(2)3/h5,7,10-11,16H,4,6,8-9H2,1-3H3. The van der Waals surface area contributed by atoms with Gasteiger partial charge in [-0.05, 0) is 31.0 Å². The molecule has 0 unspecified atom stereocenters. The van der Waals surface area contributed by atoms with Gasteiger partial charge in [-0.25, -0.2) is 0 Å². The van der Waals surface area contributed by atoms with Crippen LogP contribution in [0.1, 0.15) is 38.6 Å². The Hall–Kier alpha value is -1.75. The van der Waals surface area contributed by atoms with E-state index < -0.39 is 0 Å². The molecule has 0 spiro atoms. The van der Waals surface area contributed by atoms with Crippen molar-refractivity contribution in [2.45, 2.75) is 46.1 Å². The number of pyridine rings is 1. The van der Waals surface area contributed by atoms with E-state index in [9.17, 15) is 0 Å². The third-order valence-corrected chi connectivity index (χ3v) is 3.07. The summed E-state index contributed by atoms with van der Waals surface area (Å²) >= 11 is 0. The highest BCUT2D eigenvalue weighted by Gasteiger charge is 2.12. The van der Waals surface area contributed by atoms with Crippen molar-refractivity contribution in [1.82, 2.24) is 20.4 Å². The molecular formula is C15H22N4O. The first kappa shape index (κ1) is 14.7. The molecule has 2 heterocycles. The van der Waals surface area contributed by atoms with E-state index in [2.05, 4.69) is 41.2 Å². The number of rotatable bonds is 7. The van der Waals surface area contributed by atoms with Crippen LogP contribution in [-0.2, 0) is 12.8 Å². The second-order valence-electron chi connectivity index (χ2n) is 5.09. The van der Waals surface area contributed by atoms with E-state index in [1.54, 1.807) is 6.20 Å². The maximum absolute atomic E-state index is 5.30. The molecule has 0 aliphatic rings. The second kappa shape index (κ2) is 7.14. The van der Waals surface area contributed by atoms with E-state index in [0.717, 1.165) is 37.1 Å². The summed E-state index contributed by atoms with van der Waals surface area (Å²) in [5, 5.41) is 7.41. The molecule has 0 aromatic carbocycles. The summed E-state index contributed by atoms with van der Waals surface area (Å²) in [5.41, 5.74) is 1.96. The van der Waals surface area contributed by atoms with Gasteiger partial charge in [-0.3, -0.25) is 4.98 Å². The molecule has 0 saturated carbocycles. The first-order chi connectivity index (χ1) is 9.70. The van der Waals surface area contributed by atoms with Crippen LogP contribution in [0.25, 0.3) is 11.5 Å². The number of aryl methyl sites for hydroxylation is 2. The second-order valence-corrected chi connectivity index (χ2v) is 5.09. The highest BCUT2D eigenvalue weighted by molar-refractivity contribution is 5.53. The quantitative estimate of drug-likeness (QED) is 0.786. The van der Waals surface area contributed by atoms with Crippen molar-refractivity contribution in [3.8, 4) is 11.5 Å². The molecule has 0 radical (unpaired) electrons. The maximum Gasteiger partial charge on any atom is 0.227 e. The van der Waals surface area contributed by atoms with Gasteiger partial charge in [-0.15, -0.1) is 0 Å². The Labute approximate surface area is 119 Å². The minimum absolute atomic E-state index is 0.508.